The Kier molecular flexibility index (Phi) is 5.05. The van der Waals surface area contributed by atoms with Crippen LogP contribution in [0.2, 0.25) is 0 Å². The molecular weight excluding hydrogens is 254 g/mol. The van der Waals surface area contributed by atoms with Crippen LogP contribution in [0.4, 0.5) is 5.82 Å². The third-order valence-corrected chi connectivity index (χ3v) is 2.70. The molecule has 15 heavy (non-hydrogen) atoms. The van der Waals surface area contributed by atoms with E-state index in [9.17, 15) is 0 Å². The number of aromatic nitrogens is 1. The molecule has 1 aromatic rings. The molecule has 0 bridgehead atoms. The summed E-state index contributed by atoms with van der Waals surface area (Å²) in [5.74, 6) is 1.02. The van der Waals surface area contributed by atoms with Gasteiger partial charge in [0.1, 0.15) is 5.82 Å². The molecule has 1 rings (SSSR count). The van der Waals surface area contributed by atoms with Crippen molar-refractivity contribution in [3.63, 3.8) is 0 Å². The number of pyridine rings is 1. The summed E-state index contributed by atoms with van der Waals surface area (Å²) in [5.41, 5.74) is 5.52. The molecule has 0 unspecified atom stereocenters. The van der Waals surface area contributed by atoms with Crippen LogP contribution in [0.5, 0.6) is 0 Å². The second-order valence-corrected chi connectivity index (χ2v) is 4.68. The molecule has 0 aliphatic rings. The van der Waals surface area contributed by atoms with Crippen molar-refractivity contribution in [2.75, 3.05) is 18.0 Å². The maximum atomic E-state index is 5.52. The lowest BCUT2D eigenvalue weighted by Crippen LogP contribution is -2.33. The van der Waals surface area contributed by atoms with Crippen LogP contribution in [-0.4, -0.2) is 24.1 Å². The fraction of sp³-hybridized carbons (Fsp3) is 0.545. The second kappa shape index (κ2) is 6.08. The summed E-state index contributed by atoms with van der Waals surface area (Å²) in [6.45, 7) is 6.02. The van der Waals surface area contributed by atoms with Gasteiger partial charge in [-0.25, -0.2) is 4.98 Å². The standard InChI is InChI=1S/C11H18BrN3/c1-9(2)15(7-3-6-13)11-5-4-10(12)8-14-11/h4-5,8-9H,3,6-7,13H2,1-2H3. The molecule has 84 valence electrons. The lowest BCUT2D eigenvalue weighted by molar-refractivity contribution is 0.649. The summed E-state index contributed by atoms with van der Waals surface area (Å²) in [6.07, 6.45) is 2.82. The molecule has 1 aromatic heterocycles. The average molecular weight is 272 g/mol. The third-order valence-electron chi connectivity index (χ3n) is 2.23. The minimum atomic E-state index is 0.449. The number of halogens is 1. The lowest BCUT2D eigenvalue weighted by atomic mass is 10.2. The molecule has 0 aromatic carbocycles. The van der Waals surface area contributed by atoms with E-state index < -0.39 is 0 Å². The fourth-order valence-corrected chi connectivity index (χ4v) is 1.67. The largest absolute Gasteiger partial charge is 0.354 e. The van der Waals surface area contributed by atoms with Crippen molar-refractivity contribution in [2.24, 2.45) is 5.73 Å². The van der Waals surface area contributed by atoms with E-state index >= 15 is 0 Å². The monoisotopic (exact) mass is 271 g/mol. The number of anilines is 1. The third kappa shape index (κ3) is 3.80. The quantitative estimate of drug-likeness (QED) is 0.895. The lowest BCUT2D eigenvalue weighted by Gasteiger charge is -2.27. The van der Waals surface area contributed by atoms with Crippen molar-refractivity contribution in [3.8, 4) is 0 Å². The molecule has 0 amide bonds. The first-order chi connectivity index (χ1) is 7.15. The van der Waals surface area contributed by atoms with E-state index in [0.717, 1.165) is 29.8 Å². The Morgan fingerprint density at radius 1 is 1.47 bits per heavy atom. The smallest absolute Gasteiger partial charge is 0.128 e. The van der Waals surface area contributed by atoms with Crippen LogP contribution in [0, 0.1) is 0 Å². The molecule has 2 N–H and O–H groups in total. The molecule has 3 nitrogen and oxygen atoms in total. The van der Waals surface area contributed by atoms with Gasteiger partial charge in [-0.3, -0.25) is 0 Å². The van der Waals surface area contributed by atoms with Gasteiger partial charge in [-0.15, -0.1) is 0 Å². The van der Waals surface area contributed by atoms with Crippen LogP contribution >= 0.6 is 15.9 Å². The number of nitrogens with two attached hydrogens (primary N) is 1. The Balaban J connectivity index is 2.74. The first kappa shape index (κ1) is 12.5. The van der Waals surface area contributed by atoms with Crippen LogP contribution in [0.1, 0.15) is 20.3 Å². The van der Waals surface area contributed by atoms with Gasteiger partial charge in [0.25, 0.3) is 0 Å². The zero-order valence-corrected chi connectivity index (χ0v) is 10.9. The Morgan fingerprint density at radius 3 is 2.67 bits per heavy atom. The highest BCUT2D eigenvalue weighted by molar-refractivity contribution is 9.10. The molecule has 4 heteroatoms. The number of nitrogens with zero attached hydrogens (tertiary/aromatic N) is 2. The summed E-state index contributed by atoms with van der Waals surface area (Å²) < 4.78 is 1.01. The summed E-state index contributed by atoms with van der Waals surface area (Å²) in [7, 11) is 0. The first-order valence-electron chi connectivity index (χ1n) is 5.23. The SMILES string of the molecule is CC(C)N(CCCN)c1ccc(Br)cn1. The summed E-state index contributed by atoms with van der Waals surface area (Å²) in [5, 5.41) is 0. The zero-order valence-electron chi connectivity index (χ0n) is 9.28. The maximum Gasteiger partial charge on any atom is 0.128 e. The van der Waals surface area contributed by atoms with Gasteiger partial charge in [0.2, 0.25) is 0 Å². The fourth-order valence-electron chi connectivity index (χ4n) is 1.44. The minimum absolute atomic E-state index is 0.449. The highest BCUT2D eigenvalue weighted by Gasteiger charge is 2.10. The van der Waals surface area contributed by atoms with E-state index in [1.807, 2.05) is 18.3 Å². The van der Waals surface area contributed by atoms with Crippen molar-refractivity contribution in [3.05, 3.63) is 22.8 Å². The molecule has 0 fully saturated rings. The number of hydrogen-bond donors (Lipinski definition) is 1. The molecule has 0 aliphatic carbocycles. The van der Waals surface area contributed by atoms with E-state index in [1.54, 1.807) is 0 Å². The molecule has 0 radical (unpaired) electrons. The Labute approximate surface area is 99.8 Å². The zero-order chi connectivity index (χ0) is 11.3. The molecular formula is C11H18BrN3. The molecule has 1 heterocycles. The van der Waals surface area contributed by atoms with E-state index in [-0.39, 0.29) is 0 Å². The van der Waals surface area contributed by atoms with Crippen molar-refractivity contribution in [1.29, 1.82) is 0 Å². The van der Waals surface area contributed by atoms with E-state index in [1.165, 1.54) is 0 Å². The van der Waals surface area contributed by atoms with E-state index in [2.05, 4.69) is 39.7 Å². The molecule has 0 aliphatic heterocycles. The van der Waals surface area contributed by atoms with E-state index in [0.29, 0.717) is 6.04 Å². The Morgan fingerprint density at radius 2 is 2.20 bits per heavy atom. The van der Waals surface area contributed by atoms with Crippen LogP contribution < -0.4 is 10.6 Å². The van der Waals surface area contributed by atoms with Crippen LogP contribution in [-0.2, 0) is 0 Å². The molecule has 0 saturated heterocycles. The van der Waals surface area contributed by atoms with Gasteiger partial charge in [-0.1, -0.05) is 0 Å². The normalized spacial score (nSPS) is 10.7. The Bertz CT molecular complexity index is 284. The predicted octanol–water partition coefficient (Wildman–Crippen LogP) is 2.41. The van der Waals surface area contributed by atoms with Gasteiger partial charge >= 0.3 is 0 Å². The van der Waals surface area contributed by atoms with Gasteiger partial charge in [-0.05, 0) is 54.9 Å². The van der Waals surface area contributed by atoms with Crippen LogP contribution in [0.25, 0.3) is 0 Å². The Hall–Kier alpha value is -0.610. The highest BCUT2D eigenvalue weighted by atomic mass is 79.9. The molecule has 0 atom stereocenters. The second-order valence-electron chi connectivity index (χ2n) is 3.76. The van der Waals surface area contributed by atoms with Gasteiger partial charge < -0.3 is 10.6 Å². The summed E-state index contributed by atoms with van der Waals surface area (Å²) in [4.78, 5) is 6.65. The minimum Gasteiger partial charge on any atom is -0.354 e. The first-order valence-corrected chi connectivity index (χ1v) is 6.02. The average Bonchev–Trinajstić information content (AvgIpc) is 2.21. The van der Waals surface area contributed by atoms with Gasteiger partial charge in [0.15, 0.2) is 0 Å². The van der Waals surface area contributed by atoms with Gasteiger partial charge in [0, 0.05) is 23.3 Å². The van der Waals surface area contributed by atoms with Gasteiger partial charge in [0.05, 0.1) is 0 Å². The molecule has 0 saturated carbocycles. The van der Waals surface area contributed by atoms with Crippen LogP contribution in [0.3, 0.4) is 0 Å². The number of rotatable bonds is 5. The van der Waals surface area contributed by atoms with Crippen molar-refractivity contribution in [1.82, 2.24) is 4.98 Å². The number of hydrogen-bond acceptors (Lipinski definition) is 3. The molecule has 0 spiro atoms. The summed E-state index contributed by atoms with van der Waals surface area (Å²) in [6, 6.07) is 4.49. The van der Waals surface area contributed by atoms with Crippen molar-refractivity contribution >= 4 is 21.7 Å². The topological polar surface area (TPSA) is 42.1 Å². The van der Waals surface area contributed by atoms with Gasteiger partial charge in [-0.2, -0.15) is 0 Å². The summed E-state index contributed by atoms with van der Waals surface area (Å²) >= 11 is 3.38. The van der Waals surface area contributed by atoms with E-state index in [4.69, 9.17) is 5.73 Å². The van der Waals surface area contributed by atoms with Crippen molar-refractivity contribution in [2.45, 2.75) is 26.3 Å². The predicted molar refractivity (Wildman–Crippen MR) is 68.1 cm³/mol. The maximum absolute atomic E-state index is 5.52. The van der Waals surface area contributed by atoms with Crippen molar-refractivity contribution < 1.29 is 0 Å². The highest BCUT2D eigenvalue weighted by Crippen LogP contribution is 2.17. The van der Waals surface area contributed by atoms with Crippen LogP contribution in [0.15, 0.2) is 22.8 Å².